The lowest BCUT2D eigenvalue weighted by atomic mass is 9.98. The van der Waals surface area contributed by atoms with Crippen LogP contribution < -0.4 is 19.1 Å². The number of aromatic nitrogens is 4. The normalized spacial score (nSPS) is 25.8. The van der Waals surface area contributed by atoms with E-state index >= 15 is 4.39 Å². The van der Waals surface area contributed by atoms with Crippen molar-refractivity contribution in [3.8, 4) is 11.5 Å². The molecule has 2 fully saturated rings. The van der Waals surface area contributed by atoms with Gasteiger partial charge in [0.25, 0.3) is 0 Å². The van der Waals surface area contributed by atoms with Gasteiger partial charge in [0.15, 0.2) is 40.7 Å². The van der Waals surface area contributed by atoms with E-state index in [0.29, 0.717) is 17.0 Å². The number of carbonyl (C=O) groups excluding carboxylic acids is 1. The Kier molecular flexibility index (Phi) is 7.63. The first-order chi connectivity index (χ1) is 18.7. The van der Waals surface area contributed by atoms with E-state index < -0.39 is 44.3 Å². The molecule has 0 amide bonds. The highest BCUT2D eigenvalue weighted by Crippen LogP contribution is 2.43. The number of para-hydroxylation sites is 2. The molecule has 13 nitrogen and oxygen atoms in total. The third-order valence-electron chi connectivity index (χ3n) is 6.70. The smallest absolute Gasteiger partial charge is 0.395 e. The Hall–Kier alpha value is -3.45. The highest BCUT2D eigenvalue weighted by molar-refractivity contribution is 7.34. The lowest BCUT2D eigenvalue weighted by molar-refractivity contribution is -0.169. The maximum atomic E-state index is 15.9. The molecular weight excluding hydrogens is 534 g/mol. The van der Waals surface area contributed by atoms with Gasteiger partial charge in [-0.2, -0.15) is 0 Å². The minimum atomic E-state index is -2.62. The largest absolute Gasteiger partial charge is 0.575 e. The first-order valence-corrected chi connectivity index (χ1v) is 13.4. The van der Waals surface area contributed by atoms with E-state index in [4.69, 9.17) is 14.0 Å². The van der Waals surface area contributed by atoms with Gasteiger partial charge in [-0.25, -0.2) is 24.1 Å². The minimum absolute atomic E-state index is 0.0855. The number of carbonyl (C=O) groups is 1. The Labute approximate surface area is 224 Å². The van der Waals surface area contributed by atoms with Gasteiger partial charge in [-0.1, -0.05) is 16.9 Å². The van der Waals surface area contributed by atoms with Gasteiger partial charge in [-0.3, -0.25) is 9.09 Å². The molecule has 208 valence electrons. The predicted molar refractivity (Wildman–Crippen MR) is 135 cm³/mol. The summed E-state index contributed by atoms with van der Waals surface area (Å²) in [4.78, 5) is 39.0. The third-order valence-corrected chi connectivity index (χ3v) is 7.59. The SMILES string of the molecule is COC(=O)[C@H](C)N=[P+]([O-])Oc1ccccc1OC[C@H]1O[C@@H](n2cnc3c(N4CCC4)ncnc32)[C@](C)(F)[C@@H]1O. The quantitative estimate of drug-likeness (QED) is 0.300. The highest BCUT2D eigenvalue weighted by atomic mass is 31.1. The Balaban J connectivity index is 1.31. The van der Waals surface area contributed by atoms with E-state index in [0.717, 1.165) is 19.5 Å². The molecule has 1 N–H and O–H groups in total. The van der Waals surface area contributed by atoms with Crippen molar-refractivity contribution < 1.29 is 37.9 Å². The number of aliphatic hydroxyl groups is 1. The molecule has 5 rings (SSSR count). The molecule has 2 aliphatic heterocycles. The fourth-order valence-corrected chi connectivity index (χ4v) is 5.15. The van der Waals surface area contributed by atoms with Crippen molar-refractivity contribution in [3.05, 3.63) is 36.9 Å². The first-order valence-electron chi connectivity index (χ1n) is 12.3. The number of anilines is 1. The molecule has 2 saturated heterocycles. The first kappa shape index (κ1) is 27.1. The predicted octanol–water partition coefficient (Wildman–Crippen LogP) is 1.90. The number of nitrogens with zero attached hydrogens (tertiary/aromatic N) is 6. The summed E-state index contributed by atoms with van der Waals surface area (Å²) in [5, 5.41) is 10.8. The zero-order valence-corrected chi connectivity index (χ0v) is 22.4. The lowest BCUT2D eigenvalue weighted by Gasteiger charge is -2.31. The maximum absolute atomic E-state index is 15.9. The molecule has 0 aliphatic carbocycles. The Morgan fingerprint density at radius 3 is 2.77 bits per heavy atom. The number of esters is 1. The molecule has 1 unspecified atom stereocenters. The van der Waals surface area contributed by atoms with Crippen LogP contribution in [0.25, 0.3) is 11.2 Å². The van der Waals surface area contributed by atoms with Crippen LogP contribution in [0.1, 0.15) is 26.5 Å². The molecule has 2 aromatic heterocycles. The van der Waals surface area contributed by atoms with E-state index in [2.05, 4.69) is 29.3 Å². The minimum Gasteiger partial charge on any atom is -0.575 e. The number of imidazole rings is 1. The standard InChI is InChI=1S/C24H28FN6O7P/c1-14(22(33)35-3)29-39(34)38-16-8-5-4-7-15(16)36-11-17-19(32)24(2,25)23(37-17)31-13-28-18-20(30-9-6-10-30)26-12-27-21(18)31/h4-5,7-8,12-14,17,19,23,32H,6,9-11H2,1-3H3/t14-,17+,19+,23+,24+/m0/s1. The summed E-state index contributed by atoms with van der Waals surface area (Å²) in [6.45, 7) is 4.14. The number of hydrogen-bond donors (Lipinski definition) is 1. The van der Waals surface area contributed by atoms with Crippen molar-refractivity contribution in [2.24, 2.45) is 4.74 Å². The zero-order valence-electron chi connectivity index (χ0n) is 21.5. The van der Waals surface area contributed by atoms with Gasteiger partial charge in [0.1, 0.15) is 25.1 Å². The van der Waals surface area contributed by atoms with Crippen LogP contribution in [0.2, 0.25) is 0 Å². The fraction of sp³-hybridized carbons (Fsp3) is 0.500. The number of hydrogen-bond acceptors (Lipinski definition) is 12. The number of halogens is 1. The Bertz CT molecular complexity index is 1380. The van der Waals surface area contributed by atoms with Crippen molar-refractivity contribution in [1.82, 2.24) is 19.5 Å². The summed E-state index contributed by atoms with van der Waals surface area (Å²) < 4.78 is 42.8. The van der Waals surface area contributed by atoms with E-state index in [9.17, 15) is 14.8 Å². The summed E-state index contributed by atoms with van der Waals surface area (Å²) in [5.41, 5.74) is -1.29. The summed E-state index contributed by atoms with van der Waals surface area (Å²) in [7, 11) is -1.42. The van der Waals surface area contributed by atoms with Crippen molar-refractivity contribution in [3.63, 3.8) is 0 Å². The second-order valence-electron chi connectivity index (χ2n) is 9.39. The number of benzene rings is 1. The molecule has 1 aromatic carbocycles. The van der Waals surface area contributed by atoms with Crippen LogP contribution in [-0.4, -0.2) is 81.3 Å². The van der Waals surface area contributed by atoms with E-state index in [1.807, 2.05) is 0 Å². The topological polar surface area (TPSA) is 156 Å². The maximum Gasteiger partial charge on any atom is 0.395 e. The van der Waals surface area contributed by atoms with Crippen molar-refractivity contribution in [2.45, 2.75) is 50.4 Å². The van der Waals surface area contributed by atoms with E-state index in [1.165, 1.54) is 44.2 Å². The summed E-state index contributed by atoms with van der Waals surface area (Å²) in [6.07, 6.45) is 0.0439. The summed E-state index contributed by atoms with van der Waals surface area (Å²) in [5.74, 6) is 0.270. The van der Waals surface area contributed by atoms with Gasteiger partial charge in [-0.15, -0.1) is 0 Å². The molecule has 2 aliphatic rings. The van der Waals surface area contributed by atoms with Crippen LogP contribution in [0.5, 0.6) is 11.5 Å². The van der Waals surface area contributed by atoms with Gasteiger partial charge in [0, 0.05) is 13.1 Å². The monoisotopic (exact) mass is 562 g/mol. The molecule has 39 heavy (non-hydrogen) atoms. The molecule has 0 saturated carbocycles. The van der Waals surface area contributed by atoms with Crippen LogP contribution in [0.4, 0.5) is 10.2 Å². The average Bonchev–Trinajstić information content (AvgIpc) is 3.40. The third kappa shape index (κ3) is 5.24. The number of ether oxygens (including phenoxy) is 3. The van der Waals surface area contributed by atoms with Crippen LogP contribution in [0.3, 0.4) is 0 Å². The fourth-order valence-electron chi connectivity index (χ4n) is 4.40. The van der Waals surface area contributed by atoms with Crippen molar-refractivity contribution in [2.75, 3.05) is 31.7 Å². The highest BCUT2D eigenvalue weighted by Gasteiger charge is 2.55. The number of methoxy groups -OCH3 is 1. The van der Waals surface area contributed by atoms with Crippen LogP contribution >= 0.6 is 8.17 Å². The lowest BCUT2D eigenvalue weighted by Crippen LogP contribution is -2.41. The average molecular weight is 562 g/mol. The summed E-state index contributed by atoms with van der Waals surface area (Å²) in [6, 6.07) is 5.35. The van der Waals surface area contributed by atoms with Gasteiger partial charge in [0.05, 0.1) is 13.4 Å². The van der Waals surface area contributed by atoms with Crippen molar-refractivity contribution >= 4 is 31.1 Å². The second kappa shape index (κ2) is 11.0. The Morgan fingerprint density at radius 2 is 2.08 bits per heavy atom. The molecule has 3 aromatic rings. The molecule has 0 bridgehead atoms. The van der Waals surface area contributed by atoms with Gasteiger partial charge >= 0.3 is 14.1 Å². The molecule has 6 atom stereocenters. The van der Waals surface area contributed by atoms with Crippen molar-refractivity contribution in [1.29, 1.82) is 0 Å². The Morgan fingerprint density at radius 1 is 1.33 bits per heavy atom. The van der Waals surface area contributed by atoms with Gasteiger partial charge in [0.2, 0.25) is 5.75 Å². The zero-order chi connectivity index (χ0) is 27.7. The molecule has 0 radical (unpaired) electrons. The summed E-state index contributed by atoms with van der Waals surface area (Å²) >= 11 is 0. The van der Waals surface area contributed by atoms with Crippen LogP contribution in [-0.2, 0) is 14.3 Å². The number of rotatable bonds is 9. The van der Waals surface area contributed by atoms with E-state index in [1.54, 1.807) is 18.2 Å². The number of fused-ring (bicyclic) bond motifs is 1. The van der Waals surface area contributed by atoms with Gasteiger partial charge in [-0.05, 0) is 32.4 Å². The molecular formula is C24H28FN6O7P. The van der Waals surface area contributed by atoms with Crippen LogP contribution in [0, 0.1) is 0 Å². The molecule has 0 spiro atoms. The second-order valence-corrected chi connectivity index (χ2v) is 10.3. The molecule has 4 heterocycles. The van der Waals surface area contributed by atoms with Gasteiger partial charge < -0.3 is 29.1 Å². The van der Waals surface area contributed by atoms with Crippen LogP contribution in [0.15, 0.2) is 41.7 Å². The van der Waals surface area contributed by atoms with E-state index in [-0.39, 0.29) is 18.1 Å². The molecule has 15 heteroatoms. The number of alkyl halides is 1. The number of aliphatic hydroxyl groups excluding tert-OH is 1.